The maximum absolute atomic E-state index is 13.2. The van der Waals surface area contributed by atoms with Crippen LogP contribution in [0.4, 0.5) is 4.39 Å². The number of nitrogens with zero attached hydrogens (tertiary/aromatic N) is 1. The lowest BCUT2D eigenvalue weighted by molar-refractivity contribution is 0.462. The van der Waals surface area contributed by atoms with Gasteiger partial charge in [-0.25, -0.2) is 4.39 Å². The summed E-state index contributed by atoms with van der Waals surface area (Å²) in [6.45, 7) is 0. The molecule has 0 amide bonds. The molecule has 0 aromatic heterocycles. The molecule has 1 N–H and O–H groups in total. The third-order valence-corrected chi connectivity index (χ3v) is 3.48. The van der Waals surface area contributed by atoms with Crippen LogP contribution in [0.2, 0.25) is 0 Å². The van der Waals surface area contributed by atoms with Crippen molar-refractivity contribution in [1.29, 1.82) is 5.26 Å². The molecule has 0 saturated carbocycles. The number of aromatic hydroxyl groups is 1. The molecule has 2 aromatic carbocycles. The molecule has 0 aliphatic heterocycles. The maximum Gasteiger partial charge on any atom is 0.129 e. The first-order chi connectivity index (χ1) is 8.69. The summed E-state index contributed by atoms with van der Waals surface area (Å²) in [4.78, 5) is 0.736. The van der Waals surface area contributed by atoms with Crippen molar-refractivity contribution >= 4 is 11.8 Å². The Morgan fingerprint density at radius 2 is 2.00 bits per heavy atom. The fraction of sp³-hybridized carbons (Fsp3) is 0.0714. The van der Waals surface area contributed by atoms with Gasteiger partial charge in [0, 0.05) is 10.6 Å². The summed E-state index contributed by atoms with van der Waals surface area (Å²) in [5.41, 5.74) is 1.03. The highest BCUT2D eigenvalue weighted by Crippen LogP contribution is 2.30. The van der Waals surface area contributed by atoms with Gasteiger partial charge in [0.25, 0.3) is 0 Å². The van der Waals surface area contributed by atoms with Gasteiger partial charge in [0.05, 0.1) is 11.6 Å². The zero-order valence-corrected chi connectivity index (χ0v) is 10.2. The van der Waals surface area contributed by atoms with Crippen LogP contribution in [0.15, 0.2) is 47.4 Å². The first kappa shape index (κ1) is 12.5. The standard InChI is InChI=1S/C14H10FNOS/c15-12-6-10(8-16)5-11(7-12)9-18-14-4-2-1-3-13(14)17/h1-7,17H,9H2. The van der Waals surface area contributed by atoms with E-state index in [9.17, 15) is 9.50 Å². The molecule has 4 heteroatoms. The summed E-state index contributed by atoms with van der Waals surface area (Å²) in [5.74, 6) is 0.297. The van der Waals surface area contributed by atoms with E-state index < -0.39 is 5.82 Å². The topological polar surface area (TPSA) is 44.0 Å². The molecule has 2 aromatic rings. The molecule has 2 nitrogen and oxygen atoms in total. The number of rotatable bonds is 3. The molecule has 0 radical (unpaired) electrons. The van der Waals surface area contributed by atoms with E-state index in [0.29, 0.717) is 11.3 Å². The second-order valence-electron chi connectivity index (χ2n) is 3.72. The molecular formula is C14H10FNOS. The number of para-hydroxylation sites is 1. The summed E-state index contributed by atoms with van der Waals surface area (Å²) in [6.07, 6.45) is 0. The molecule has 0 bridgehead atoms. The largest absolute Gasteiger partial charge is 0.507 e. The van der Waals surface area contributed by atoms with E-state index >= 15 is 0 Å². The first-order valence-corrected chi connectivity index (χ1v) is 6.28. The van der Waals surface area contributed by atoms with E-state index in [4.69, 9.17) is 5.26 Å². The van der Waals surface area contributed by atoms with Gasteiger partial charge in [0.2, 0.25) is 0 Å². The Hall–Kier alpha value is -1.99. The Morgan fingerprint density at radius 3 is 2.72 bits per heavy atom. The van der Waals surface area contributed by atoms with Gasteiger partial charge in [-0.3, -0.25) is 0 Å². The Morgan fingerprint density at radius 1 is 1.22 bits per heavy atom. The van der Waals surface area contributed by atoms with E-state index in [1.165, 1.54) is 23.9 Å². The molecule has 0 aliphatic rings. The predicted octanol–water partition coefficient (Wildman–Crippen LogP) is 3.70. The van der Waals surface area contributed by atoms with E-state index in [2.05, 4.69) is 0 Å². The zero-order valence-electron chi connectivity index (χ0n) is 9.43. The molecule has 2 rings (SSSR count). The third-order valence-electron chi connectivity index (χ3n) is 2.35. The molecule has 0 atom stereocenters. The lowest BCUT2D eigenvalue weighted by Gasteiger charge is -2.04. The number of phenols is 1. The third kappa shape index (κ3) is 3.02. The van der Waals surface area contributed by atoms with Crippen molar-refractivity contribution in [2.24, 2.45) is 0 Å². The number of phenolic OH excluding ortho intramolecular Hbond substituents is 1. The lowest BCUT2D eigenvalue weighted by Crippen LogP contribution is -1.86. The molecule has 0 aliphatic carbocycles. The predicted molar refractivity (Wildman–Crippen MR) is 68.8 cm³/mol. The normalized spacial score (nSPS) is 10.0. The van der Waals surface area contributed by atoms with Crippen LogP contribution in [0.5, 0.6) is 5.75 Å². The van der Waals surface area contributed by atoms with Crippen LogP contribution < -0.4 is 0 Å². The van der Waals surface area contributed by atoms with Crippen molar-refractivity contribution in [2.75, 3.05) is 0 Å². The fourth-order valence-corrected chi connectivity index (χ4v) is 2.42. The lowest BCUT2D eigenvalue weighted by atomic mass is 10.1. The molecule has 0 heterocycles. The summed E-state index contributed by atoms with van der Waals surface area (Å²) in [5, 5.41) is 18.3. The average Bonchev–Trinajstić information content (AvgIpc) is 2.37. The molecule has 0 spiro atoms. The number of nitriles is 1. The minimum absolute atomic E-state index is 0.208. The molecule has 90 valence electrons. The molecule has 18 heavy (non-hydrogen) atoms. The average molecular weight is 259 g/mol. The van der Waals surface area contributed by atoms with Crippen LogP contribution in [0.3, 0.4) is 0 Å². The summed E-state index contributed by atoms with van der Waals surface area (Å²) in [6, 6.07) is 13.1. The van der Waals surface area contributed by atoms with Crippen molar-refractivity contribution < 1.29 is 9.50 Å². The van der Waals surface area contributed by atoms with Crippen LogP contribution in [0, 0.1) is 17.1 Å². The van der Waals surface area contributed by atoms with Crippen LogP contribution in [-0.4, -0.2) is 5.11 Å². The highest BCUT2D eigenvalue weighted by molar-refractivity contribution is 7.98. The molecule has 0 saturated heterocycles. The van der Waals surface area contributed by atoms with Crippen molar-refractivity contribution in [1.82, 2.24) is 0 Å². The van der Waals surface area contributed by atoms with E-state index in [1.807, 2.05) is 12.1 Å². The molecular weight excluding hydrogens is 249 g/mol. The summed E-state index contributed by atoms with van der Waals surface area (Å²) >= 11 is 1.40. The first-order valence-electron chi connectivity index (χ1n) is 5.29. The monoisotopic (exact) mass is 259 g/mol. The Kier molecular flexibility index (Phi) is 3.85. The second-order valence-corrected chi connectivity index (χ2v) is 4.73. The van der Waals surface area contributed by atoms with Gasteiger partial charge in [-0.05, 0) is 35.9 Å². The van der Waals surface area contributed by atoms with Gasteiger partial charge in [-0.2, -0.15) is 5.26 Å². The van der Waals surface area contributed by atoms with Crippen molar-refractivity contribution in [3.63, 3.8) is 0 Å². The van der Waals surface area contributed by atoms with Crippen molar-refractivity contribution in [2.45, 2.75) is 10.6 Å². The number of thioether (sulfide) groups is 1. The Labute approximate surface area is 109 Å². The Bertz CT molecular complexity index is 607. The van der Waals surface area contributed by atoms with Crippen LogP contribution >= 0.6 is 11.8 Å². The molecule has 0 fully saturated rings. The summed E-state index contributed by atoms with van der Waals surface area (Å²) in [7, 11) is 0. The quantitative estimate of drug-likeness (QED) is 0.855. The smallest absolute Gasteiger partial charge is 0.129 e. The fourth-order valence-electron chi connectivity index (χ4n) is 1.54. The van der Waals surface area contributed by atoms with E-state index in [-0.39, 0.29) is 5.75 Å². The molecule has 0 unspecified atom stereocenters. The van der Waals surface area contributed by atoms with Crippen molar-refractivity contribution in [3.05, 3.63) is 59.4 Å². The van der Waals surface area contributed by atoms with Crippen LogP contribution in [0.25, 0.3) is 0 Å². The second kappa shape index (κ2) is 5.56. The van der Waals surface area contributed by atoms with Gasteiger partial charge >= 0.3 is 0 Å². The number of hydrogen-bond donors (Lipinski definition) is 1. The minimum Gasteiger partial charge on any atom is -0.507 e. The van der Waals surface area contributed by atoms with Gasteiger partial charge in [-0.15, -0.1) is 11.8 Å². The van der Waals surface area contributed by atoms with E-state index in [1.54, 1.807) is 24.3 Å². The van der Waals surface area contributed by atoms with Gasteiger partial charge < -0.3 is 5.11 Å². The van der Waals surface area contributed by atoms with Gasteiger partial charge in [0.15, 0.2) is 0 Å². The van der Waals surface area contributed by atoms with Crippen LogP contribution in [0.1, 0.15) is 11.1 Å². The van der Waals surface area contributed by atoms with Gasteiger partial charge in [-0.1, -0.05) is 12.1 Å². The Balaban J connectivity index is 2.14. The van der Waals surface area contributed by atoms with Gasteiger partial charge in [0.1, 0.15) is 11.6 Å². The minimum atomic E-state index is -0.415. The number of hydrogen-bond acceptors (Lipinski definition) is 3. The number of benzene rings is 2. The SMILES string of the molecule is N#Cc1cc(F)cc(CSc2ccccc2O)c1. The van der Waals surface area contributed by atoms with Crippen molar-refractivity contribution in [3.8, 4) is 11.8 Å². The number of halogens is 1. The summed E-state index contributed by atoms with van der Waals surface area (Å²) < 4.78 is 13.2. The maximum atomic E-state index is 13.2. The van der Waals surface area contributed by atoms with E-state index in [0.717, 1.165) is 10.5 Å². The van der Waals surface area contributed by atoms with Crippen LogP contribution in [-0.2, 0) is 5.75 Å². The zero-order chi connectivity index (χ0) is 13.0. The highest BCUT2D eigenvalue weighted by atomic mass is 32.2. The highest BCUT2D eigenvalue weighted by Gasteiger charge is 2.04.